The van der Waals surface area contributed by atoms with Crippen LogP contribution in [0.1, 0.15) is 11.1 Å². The Morgan fingerprint density at radius 3 is 2.00 bits per heavy atom. The van der Waals surface area contributed by atoms with E-state index in [0.717, 1.165) is 11.1 Å². The number of benzene rings is 1. The van der Waals surface area contributed by atoms with Gasteiger partial charge in [-0.25, -0.2) is 0 Å². The molecule has 0 bridgehead atoms. The molecule has 1 aliphatic rings. The molecule has 0 aliphatic heterocycles. The minimum absolute atomic E-state index is 0.0470. The maximum absolute atomic E-state index is 9.04. The van der Waals surface area contributed by atoms with E-state index in [4.69, 9.17) is 21.0 Å². The molecular formula is C15H6N4. The highest BCUT2D eigenvalue weighted by atomic mass is 14.4. The summed E-state index contributed by atoms with van der Waals surface area (Å²) in [6, 6.07) is 14.6. The molecule has 0 atom stereocenters. The molecule has 1 aromatic rings. The van der Waals surface area contributed by atoms with Gasteiger partial charge in [0.15, 0.2) is 0 Å². The number of allylic oxidation sites excluding steroid dienone is 4. The zero-order valence-corrected chi connectivity index (χ0v) is 9.81. The lowest BCUT2D eigenvalue weighted by molar-refractivity contribution is 1.25. The maximum Gasteiger partial charge on any atom is 0.137 e. The highest BCUT2D eigenvalue weighted by Crippen LogP contribution is 2.39. The van der Waals surface area contributed by atoms with Gasteiger partial charge in [0.2, 0.25) is 0 Å². The van der Waals surface area contributed by atoms with Gasteiger partial charge in [0.25, 0.3) is 0 Å². The molecule has 2 rings (SSSR count). The molecule has 0 saturated heterocycles. The summed E-state index contributed by atoms with van der Waals surface area (Å²) >= 11 is 0. The summed E-state index contributed by atoms with van der Waals surface area (Å²) in [5, 5.41) is 36.1. The summed E-state index contributed by atoms with van der Waals surface area (Å²) in [5.41, 5.74) is 2.43. The van der Waals surface area contributed by atoms with Crippen LogP contribution in [0.4, 0.5) is 0 Å². The molecule has 1 aliphatic carbocycles. The van der Waals surface area contributed by atoms with E-state index in [0.29, 0.717) is 17.6 Å². The second kappa shape index (κ2) is 4.89. The van der Waals surface area contributed by atoms with E-state index >= 15 is 0 Å². The van der Waals surface area contributed by atoms with Gasteiger partial charge in [-0.3, -0.25) is 0 Å². The first-order valence-electron chi connectivity index (χ1n) is 5.43. The lowest BCUT2D eigenvalue weighted by Gasteiger charge is -2.02. The first-order chi connectivity index (χ1) is 9.26. The lowest BCUT2D eigenvalue weighted by atomic mass is 9.97. The Bertz CT molecular complexity index is 751. The fraction of sp³-hybridized carbons (Fsp3) is 0.0667. The van der Waals surface area contributed by atoms with Crippen molar-refractivity contribution in [3.8, 4) is 24.3 Å². The Kier molecular flexibility index (Phi) is 3.12. The van der Waals surface area contributed by atoms with Crippen molar-refractivity contribution in [2.45, 2.75) is 6.42 Å². The van der Waals surface area contributed by atoms with E-state index in [2.05, 4.69) is 0 Å². The Balaban J connectivity index is 2.87. The first-order valence-corrected chi connectivity index (χ1v) is 5.43. The van der Waals surface area contributed by atoms with Gasteiger partial charge in [0, 0.05) is 12.0 Å². The summed E-state index contributed by atoms with van der Waals surface area (Å²) in [6.45, 7) is 0. The van der Waals surface area contributed by atoms with Gasteiger partial charge in [0.1, 0.15) is 35.4 Å². The van der Waals surface area contributed by atoms with Gasteiger partial charge in [-0.15, -0.1) is 0 Å². The second-order valence-electron chi connectivity index (χ2n) is 3.88. The largest absolute Gasteiger partial charge is 0.192 e. The molecule has 0 amide bonds. The standard InChI is InChI=1S/C15H6N4/c16-6-11(7-17)14-5-10-3-1-2-4-13(10)15(14)12(8-18)9-19/h1-4H,5H2. The molecule has 0 saturated carbocycles. The molecule has 4 heteroatoms. The number of rotatable bonds is 0. The Morgan fingerprint density at radius 1 is 0.842 bits per heavy atom. The molecule has 19 heavy (non-hydrogen) atoms. The third-order valence-corrected chi connectivity index (χ3v) is 2.95. The molecule has 0 unspecified atom stereocenters. The normalized spacial score (nSPS) is 11.6. The van der Waals surface area contributed by atoms with Crippen molar-refractivity contribution in [3.63, 3.8) is 0 Å². The van der Waals surface area contributed by atoms with Crippen LogP contribution in [0.3, 0.4) is 0 Å². The van der Waals surface area contributed by atoms with Gasteiger partial charge < -0.3 is 0 Å². The van der Waals surface area contributed by atoms with Crippen LogP contribution in [0.15, 0.2) is 41.0 Å². The van der Waals surface area contributed by atoms with E-state index in [9.17, 15) is 0 Å². The van der Waals surface area contributed by atoms with E-state index in [-0.39, 0.29) is 11.1 Å². The third kappa shape index (κ3) is 1.85. The summed E-state index contributed by atoms with van der Waals surface area (Å²) in [7, 11) is 0. The topological polar surface area (TPSA) is 95.2 Å². The van der Waals surface area contributed by atoms with Crippen LogP contribution in [0.5, 0.6) is 0 Å². The molecule has 1 aromatic carbocycles. The van der Waals surface area contributed by atoms with Gasteiger partial charge in [-0.2, -0.15) is 21.0 Å². The highest BCUT2D eigenvalue weighted by Gasteiger charge is 2.27. The first kappa shape index (κ1) is 12.1. The van der Waals surface area contributed by atoms with Crippen molar-refractivity contribution in [2.75, 3.05) is 0 Å². The van der Waals surface area contributed by atoms with Crippen LogP contribution in [-0.2, 0) is 6.42 Å². The minimum Gasteiger partial charge on any atom is -0.192 e. The minimum atomic E-state index is -0.0667. The van der Waals surface area contributed by atoms with Gasteiger partial charge in [0.05, 0.1) is 0 Å². The average Bonchev–Trinajstić information content (AvgIpc) is 2.82. The number of nitriles is 4. The van der Waals surface area contributed by atoms with Crippen LogP contribution < -0.4 is 0 Å². The lowest BCUT2D eigenvalue weighted by Crippen LogP contribution is -1.91. The van der Waals surface area contributed by atoms with Gasteiger partial charge >= 0.3 is 0 Å². The Labute approximate surface area is 110 Å². The van der Waals surface area contributed by atoms with Crippen LogP contribution in [0, 0.1) is 45.3 Å². The second-order valence-corrected chi connectivity index (χ2v) is 3.88. The molecule has 0 aromatic heterocycles. The molecule has 0 N–H and O–H groups in total. The van der Waals surface area contributed by atoms with Crippen LogP contribution in [0.25, 0.3) is 5.57 Å². The van der Waals surface area contributed by atoms with Crippen molar-refractivity contribution in [2.24, 2.45) is 0 Å². The number of nitrogens with zero attached hydrogens (tertiary/aromatic N) is 4. The summed E-state index contributed by atoms with van der Waals surface area (Å²) in [5.74, 6) is 0. The summed E-state index contributed by atoms with van der Waals surface area (Å²) < 4.78 is 0. The molecule has 0 spiro atoms. The van der Waals surface area contributed by atoms with Crippen molar-refractivity contribution < 1.29 is 0 Å². The SMILES string of the molecule is N#CC(C#N)=C1Cc2ccccc2C1=C(C#N)C#N. The van der Waals surface area contributed by atoms with Crippen LogP contribution in [0.2, 0.25) is 0 Å². The molecule has 86 valence electrons. The predicted octanol–water partition coefficient (Wildman–Crippen LogP) is 2.39. The van der Waals surface area contributed by atoms with Gasteiger partial charge in [-0.1, -0.05) is 24.3 Å². The fourth-order valence-electron chi connectivity index (χ4n) is 2.16. The van der Waals surface area contributed by atoms with Crippen molar-refractivity contribution in [3.05, 3.63) is 52.1 Å². The molecular weight excluding hydrogens is 236 g/mol. The van der Waals surface area contributed by atoms with E-state index < -0.39 is 0 Å². The summed E-state index contributed by atoms with van der Waals surface area (Å²) in [6.07, 6.45) is 0.398. The predicted molar refractivity (Wildman–Crippen MR) is 66.5 cm³/mol. The Hall–Kier alpha value is -3.34. The smallest absolute Gasteiger partial charge is 0.137 e. The van der Waals surface area contributed by atoms with Gasteiger partial charge in [-0.05, 0) is 16.7 Å². The highest BCUT2D eigenvalue weighted by molar-refractivity contribution is 5.93. The van der Waals surface area contributed by atoms with Crippen molar-refractivity contribution in [1.82, 2.24) is 0 Å². The van der Waals surface area contributed by atoms with E-state index in [1.807, 2.05) is 36.4 Å². The molecule has 0 heterocycles. The van der Waals surface area contributed by atoms with Crippen LogP contribution >= 0.6 is 0 Å². The molecule has 4 nitrogen and oxygen atoms in total. The fourth-order valence-corrected chi connectivity index (χ4v) is 2.16. The van der Waals surface area contributed by atoms with E-state index in [1.165, 1.54) is 0 Å². The average molecular weight is 242 g/mol. The Morgan fingerprint density at radius 2 is 1.42 bits per heavy atom. The number of hydrogen-bond acceptors (Lipinski definition) is 4. The quantitative estimate of drug-likeness (QED) is 0.652. The monoisotopic (exact) mass is 242 g/mol. The molecule has 0 radical (unpaired) electrons. The van der Waals surface area contributed by atoms with Crippen molar-refractivity contribution in [1.29, 1.82) is 21.0 Å². The van der Waals surface area contributed by atoms with Crippen LogP contribution in [-0.4, -0.2) is 0 Å². The van der Waals surface area contributed by atoms with E-state index in [1.54, 1.807) is 12.1 Å². The van der Waals surface area contributed by atoms with Crippen molar-refractivity contribution >= 4 is 5.57 Å². The zero-order chi connectivity index (χ0) is 13.8. The third-order valence-electron chi connectivity index (χ3n) is 2.95. The number of fused-ring (bicyclic) bond motifs is 1. The molecule has 0 fully saturated rings. The summed E-state index contributed by atoms with van der Waals surface area (Å²) in [4.78, 5) is 0. The zero-order valence-electron chi connectivity index (χ0n) is 9.81. The maximum atomic E-state index is 9.04. The number of hydrogen-bond donors (Lipinski definition) is 0.